The minimum absolute atomic E-state index is 0.276. The van der Waals surface area contributed by atoms with Gasteiger partial charge >= 0.3 is 5.97 Å². The Hall–Kier alpha value is -1.88. The van der Waals surface area contributed by atoms with Crippen LogP contribution in [0.15, 0.2) is 12.3 Å². The molecular formula is C14H17FN2O2. The van der Waals surface area contributed by atoms with E-state index in [-0.39, 0.29) is 11.6 Å². The quantitative estimate of drug-likeness (QED) is 0.658. The van der Waals surface area contributed by atoms with Crippen LogP contribution in [0.4, 0.5) is 4.39 Å². The number of H-pyrrole nitrogens is 1. The van der Waals surface area contributed by atoms with Gasteiger partial charge in [0.2, 0.25) is 0 Å². The molecule has 4 nitrogen and oxygen atoms in total. The van der Waals surface area contributed by atoms with Gasteiger partial charge in [-0.15, -0.1) is 0 Å². The van der Waals surface area contributed by atoms with Gasteiger partial charge in [-0.3, -0.25) is 4.79 Å². The number of hydrogen-bond donors (Lipinski definition) is 2. The third-order valence-electron chi connectivity index (χ3n) is 3.10. The van der Waals surface area contributed by atoms with Gasteiger partial charge in [0.25, 0.3) is 0 Å². The molecule has 102 valence electrons. The van der Waals surface area contributed by atoms with Crippen LogP contribution in [-0.2, 0) is 11.2 Å². The van der Waals surface area contributed by atoms with Gasteiger partial charge in [0.15, 0.2) is 0 Å². The molecule has 2 rings (SSSR count). The predicted octanol–water partition coefficient (Wildman–Crippen LogP) is 2.30. The number of rotatable bonds is 4. The van der Waals surface area contributed by atoms with Crippen molar-refractivity contribution in [3.05, 3.63) is 29.2 Å². The van der Waals surface area contributed by atoms with Crippen molar-refractivity contribution in [3.63, 3.8) is 0 Å². The predicted molar refractivity (Wildman–Crippen MR) is 71.9 cm³/mol. The largest absolute Gasteiger partial charge is 0.426 e. The highest BCUT2D eigenvalue weighted by Crippen LogP contribution is 2.33. The number of aromatic nitrogens is 1. The van der Waals surface area contributed by atoms with Crippen molar-refractivity contribution in [1.82, 2.24) is 10.3 Å². The Labute approximate surface area is 111 Å². The number of hydrogen-bond acceptors (Lipinski definition) is 3. The van der Waals surface area contributed by atoms with E-state index in [1.807, 2.05) is 13.2 Å². The molecule has 0 atom stereocenters. The number of esters is 1. The number of aromatic amines is 1. The van der Waals surface area contributed by atoms with Gasteiger partial charge in [0.05, 0.1) is 5.52 Å². The van der Waals surface area contributed by atoms with Crippen LogP contribution < -0.4 is 10.1 Å². The van der Waals surface area contributed by atoms with Crippen molar-refractivity contribution >= 4 is 16.9 Å². The van der Waals surface area contributed by atoms with Crippen LogP contribution in [0.5, 0.6) is 5.75 Å². The second kappa shape index (κ2) is 5.40. The topological polar surface area (TPSA) is 54.1 Å². The lowest BCUT2D eigenvalue weighted by Crippen LogP contribution is -2.10. The third-order valence-corrected chi connectivity index (χ3v) is 3.10. The highest BCUT2D eigenvalue weighted by molar-refractivity contribution is 5.93. The number of halogens is 1. The van der Waals surface area contributed by atoms with E-state index in [1.54, 1.807) is 6.92 Å². The van der Waals surface area contributed by atoms with Crippen molar-refractivity contribution in [2.24, 2.45) is 0 Å². The molecule has 0 saturated carbocycles. The minimum Gasteiger partial charge on any atom is -0.426 e. The molecule has 0 aliphatic rings. The first kappa shape index (κ1) is 13.5. The summed E-state index contributed by atoms with van der Waals surface area (Å²) in [4.78, 5) is 14.2. The summed E-state index contributed by atoms with van der Waals surface area (Å²) in [5, 5.41) is 3.84. The molecule has 2 aromatic rings. The van der Waals surface area contributed by atoms with Crippen LogP contribution in [0.1, 0.15) is 18.1 Å². The summed E-state index contributed by atoms with van der Waals surface area (Å²) in [6.45, 7) is 3.81. The van der Waals surface area contributed by atoms with Crippen molar-refractivity contribution in [2.45, 2.75) is 20.3 Å². The van der Waals surface area contributed by atoms with E-state index < -0.39 is 5.97 Å². The molecule has 2 N–H and O–H groups in total. The summed E-state index contributed by atoms with van der Waals surface area (Å²) >= 11 is 0. The molecule has 0 bridgehead atoms. The van der Waals surface area contributed by atoms with Crippen molar-refractivity contribution in [3.8, 4) is 5.75 Å². The average molecular weight is 264 g/mol. The van der Waals surface area contributed by atoms with Crippen LogP contribution >= 0.6 is 0 Å². The lowest BCUT2D eigenvalue weighted by molar-refractivity contribution is -0.131. The first-order valence-corrected chi connectivity index (χ1v) is 6.16. The fourth-order valence-corrected chi connectivity index (χ4v) is 2.15. The minimum atomic E-state index is -0.453. The van der Waals surface area contributed by atoms with Gasteiger partial charge in [-0.25, -0.2) is 4.39 Å². The zero-order chi connectivity index (χ0) is 14.0. The molecule has 1 aromatic heterocycles. The molecule has 0 amide bonds. The van der Waals surface area contributed by atoms with Crippen molar-refractivity contribution in [2.75, 3.05) is 13.6 Å². The number of benzene rings is 1. The molecule has 0 radical (unpaired) electrons. The Kier molecular flexibility index (Phi) is 3.85. The molecule has 1 aromatic carbocycles. The van der Waals surface area contributed by atoms with E-state index in [9.17, 15) is 9.18 Å². The number of nitrogens with one attached hydrogen (secondary N) is 2. The molecule has 0 unspecified atom stereocenters. The Balaban J connectivity index is 2.60. The maximum Gasteiger partial charge on any atom is 0.308 e. The number of fused-ring (bicyclic) bond motifs is 1. The summed E-state index contributed by atoms with van der Waals surface area (Å²) in [5.41, 5.74) is 2.22. The molecule has 0 aliphatic carbocycles. The van der Waals surface area contributed by atoms with E-state index in [2.05, 4.69) is 10.3 Å². The summed E-state index contributed by atoms with van der Waals surface area (Å²) < 4.78 is 18.9. The zero-order valence-corrected chi connectivity index (χ0v) is 11.3. The molecular weight excluding hydrogens is 247 g/mol. The SMILES string of the molecule is CNCCc1c[nH]c2c(C)c(F)cc(OC(C)=O)c12. The number of carbonyl (C=O) groups is 1. The van der Waals surface area contributed by atoms with Crippen LogP contribution in [0.25, 0.3) is 10.9 Å². The van der Waals surface area contributed by atoms with Crippen LogP contribution in [-0.4, -0.2) is 24.5 Å². The molecule has 0 saturated heterocycles. The average Bonchev–Trinajstić information content (AvgIpc) is 2.76. The zero-order valence-electron chi connectivity index (χ0n) is 11.3. The third kappa shape index (κ3) is 2.61. The molecule has 5 heteroatoms. The smallest absolute Gasteiger partial charge is 0.308 e. The molecule has 19 heavy (non-hydrogen) atoms. The molecule has 0 fully saturated rings. The summed E-state index contributed by atoms with van der Waals surface area (Å²) in [7, 11) is 1.87. The second-order valence-corrected chi connectivity index (χ2v) is 4.49. The first-order valence-electron chi connectivity index (χ1n) is 6.16. The maximum atomic E-state index is 13.8. The van der Waals surface area contributed by atoms with E-state index in [0.29, 0.717) is 11.1 Å². The maximum absolute atomic E-state index is 13.8. The van der Waals surface area contributed by atoms with Gasteiger partial charge in [0, 0.05) is 30.1 Å². The van der Waals surface area contributed by atoms with Crippen molar-refractivity contribution in [1.29, 1.82) is 0 Å². The lowest BCUT2D eigenvalue weighted by atomic mass is 10.1. The Morgan fingerprint density at radius 1 is 1.53 bits per heavy atom. The van der Waals surface area contributed by atoms with Crippen molar-refractivity contribution < 1.29 is 13.9 Å². The van der Waals surface area contributed by atoms with Gasteiger partial charge in [-0.1, -0.05) is 0 Å². The Bertz CT molecular complexity index is 619. The van der Waals surface area contributed by atoms with Gasteiger partial charge in [-0.05, 0) is 32.5 Å². The van der Waals surface area contributed by atoms with Gasteiger partial charge < -0.3 is 15.0 Å². The Morgan fingerprint density at radius 2 is 2.26 bits per heavy atom. The summed E-state index contributed by atoms with van der Waals surface area (Å²) in [6.07, 6.45) is 2.61. The van der Waals surface area contributed by atoms with E-state index >= 15 is 0 Å². The number of carbonyl (C=O) groups excluding carboxylic acids is 1. The highest BCUT2D eigenvalue weighted by Gasteiger charge is 2.16. The molecule has 1 heterocycles. The summed E-state index contributed by atoms with van der Waals surface area (Å²) in [5.74, 6) is -0.561. The Morgan fingerprint density at radius 3 is 2.89 bits per heavy atom. The standard InChI is InChI=1S/C14H17FN2O2/c1-8-11(15)6-12(19-9(2)18)13-10(4-5-16-3)7-17-14(8)13/h6-7,16-17H,4-5H2,1-3H3. The number of aryl methyl sites for hydroxylation is 1. The number of ether oxygens (including phenoxy) is 1. The fraction of sp³-hybridized carbons (Fsp3) is 0.357. The van der Waals surface area contributed by atoms with Gasteiger partial charge in [0.1, 0.15) is 11.6 Å². The molecule has 0 spiro atoms. The normalized spacial score (nSPS) is 10.9. The number of likely N-dealkylation sites (N-methyl/N-ethyl adjacent to an activating group) is 1. The fourth-order valence-electron chi connectivity index (χ4n) is 2.15. The van der Waals surface area contributed by atoms with Crippen LogP contribution in [0.3, 0.4) is 0 Å². The van der Waals surface area contributed by atoms with Crippen LogP contribution in [0.2, 0.25) is 0 Å². The second-order valence-electron chi connectivity index (χ2n) is 4.49. The summed E-state index contributed by atoms with van der Waals surface area (Å²) in [6, 6.07) is 1.27. The molecule has 0 aliphatic heterocycles. The lowest BCUT2D eigenvalue weighted by Gasteiger charge is -2.08. The first-order chi connectivity index (χ1) is 9.04. The monoisotopic (exact) mass is 264 g/mol. The van der Waals surface area contributed by atoms with E-state index in [0.717, 1.165) is 23.9 Å². The highest BCUT2D eigenvalue weighted by atomic mass is 19.1. The van der Waals surface area contributed by atoms with Gasteiger partial charge in [-0.2, -0.15) is 0 Å². The van der Waals surface area contributed by atoms with E-state index in [4.69, 9.17) is 4.74 Å². The van der Waals surface area contributed by atoms with Crippen LogP contribution in [0, 0.1) is 12.7 Å². The van der Waals surface area contributed by atoms with E-state index in [1.165, 1.54) is 13.0 Å².